The lowest BCUT2D eigenvalue weighted by molar-refractivity contribution is 0.579. The van der Waals surface area contributed by atoms with Gasteiger partial charge < -0.3 is 10.2 Å². The number of benzene rings is 1. The Bertz CT molecular complexity index is 1010. The highest BCUT2D eigenvalue weighted by Gasteiger charge is 2.19. The normalized spacial score (nSPS) is 15.4. The van der Waals surface area contributed by atoms with E-state index < -0.39 is 0 Å². The molecule has 0 saturated carbocycles. The van der Waals surface area contributed by atoms with Gasteiger partial charge in [-0.15, -0.1) is 11.3 Å². The zero-order chi connectivity index (χ0) is 15.9. The molecule has 0 bridgehead atoms. The zero-order valence-corrected chi connectivity index (χ0v) is 13.8. The van der Waals surface area contributed by atoms with Gasteiger partial charge in [0.25, 0.3) is 0 Å². The molecule has 1 aliphatic heterocycles. The van der Waals surface area contributed by atoms with E-state index in [1.807, 2.05) is 10.6 Å². The summed E-state index contributed by atoms with van der Waals surface area (Å²) in [5.41, 5.74) is 1.95. The summed E-state index contributed by atoms with van der Waals surface area (Å²) in [5.74, 6) is 1.64. The predicted octanol–water partition coefficient (Wildman–Crippen LogP) is 2.42. The maximum atomic E-state index is 4.88. The van der Waals surface area contributed by atoms with Crippen LogP contribution in [-0.2, 0) is 0 Å². The van der Waals surface area contributed by atoms with Crippen molar-refractivity contribution >= 4 is 33.0 Å². The highest BCUT2D eigenvalue weighted by Crippen LogP contribution is 2.33. The van der Waals surface area contributed by atoms with Crippen molar-refractivity contribution in [1.29, 1.82) is 0 Å². The first-order valence-electron chi connectivity index (χ1n) is 8.04. The summed E-state index contributed by atoms with van der Waals surface area (Å²) in [4.78, 5) is 11.8. The fraction of sp³-hybridized carbons (Fsp3) is 0.235. The molecule has 3 aromatic heterocycles. The van der Waals surface area contributed by atoms with Crippen molar-refractivity contribution < 1.29 is 0 Å². The Kier molecular flexibility index (Phi) is 3.20. The third-order valence-electron chi connectivity index (χ3n) is 4.37. The molecule has 1 N–H and O–H groups in total. The minimum atomic E-state index is 0.787. The third kappa shape index (κ3) is 2.16. The maximum Gasteiger partial charge on any atom is 0.229 e. The van der Waals surface area contributed by atoms with Crippen molar-refractivity contribution in [3.63, 3.8) is 0 Å². The first-order chi connectivity index (χ1) is 11.9. The Morgan fingerprint density at radius 3 is 2.83 bits per heavy atom. The number of rotatable bonds is 2. The molecule has 0 aliphatic carbocycles. The maximum absolute atomic E-state index is 4.88. The van der Waals surface area contributed by atoms with E-state index in [1.54, 1.807) is 17.5 Å². The number of nitrogens with one attached hydrogen (secondary N) is 1. The third-order valence-corrected chi connectivity index (χ3v) is 5.33. The molecule has 0 atom stereocenters. The minimum absolute atomic E-state index is 0.787. The number of hydrogen-bond acceptors (Lipinski definition) is 6. The second-order valence-electron chi connectivity index (χ2n) is 5.83. The molecule has 0 amide bonds. The summed E-state index contributed by atoms with van der Waals surface area (Å²) in [5, 5.41) is 11.2. The molecular weight excluding hydrogens is 320 g/mol. The van der Waals surface area contributed by atoms with Gasteiger partial charge in [-0.2, -0.15) is 19.6 Å². The molecule has 24 heavy (non-hydrogen) atoms. The number of aromatic nitrogens is 4. The molecule has 120 valence electrons. The summed E-state index contributed by atoms with van der Waals surface area (Å²) in [7, 11) is 0. The Morgan fingerprint density at radius 1 is 1.04 bits per heavy atom. The number of hydrogen-bond donors (Lipinski definition) is 1. The van der Waals surface area contributed by atoms with E-state index in [2.05, 4.69) is 45.0 Å². The Balaban J connectivity index is 1.73. The van der Waals surface area contributed by atoms with Crippen LogP contribution >= 0.6 is 11.3 Å². The average Bonchev–Trinajstić information content (AvgIpc) is 3.28. The van der Waals surface area contributed by atoms with E-state index in [9.17, 15) is 0 Å². The SMILES string of the molecule is c1ccc2c(-c3nc(N4CCNCC4)nc4ccnn34)csc2c1. The van der Waals surface area contributed by atoms with E-state index in [-0.39, 0.29) is 0 Å². The van der Waals surface area contributed by atoms with Gasteiger partial charge in [0.15, 0.2) is 11.5 Å². The van der Waals surface area contributed by atoms with Gasteiger partial charge in [-0.25, -0.2) is 0 Å². The van der Waals surface area contributed by atoms with E-state index in [1.165, 1.54) is 10.1 Å². The van der Waals surface area contributed by atoms with Gasteiger partial charge >= 0.3 is 0 Å². The Hall–Kier alpha value is -2.51. The fourth-order valence-corrected chi connectivity index (χ4v) is 4.08. The summed E-state index contributed by atoms with van der Waals surface area (Å²) in [6.45, 7) is 3.78. The Labute approximate surface area is 142 Å². The summed E-state index contributed by atoms with van der Waals surface area (Å²) < 4.78 is 3.09. The summed E-state index contributed by atoms with van der Waals surface area (Å²) >= 11 is 1.74. The summed E-state index contributed by atoms with van der Waals surface area (Å²) in [6.07, 6.45) is 1.78. The van der Waals surface area contributed by atoms with Crippen LogP contribution in [0.3, 0.4) is 0 Å². The molecule has 4 heterocycles. The highest BCUT2D eigenvalue weighted by molar-refractivity contribution is 7.17. The largest absolute Gasteiger partial charge is 0.338 e. The van der Waals surface area contributed by atoms with E-state index in [0.717, 1.165) is 49.2 Å². The monoisotopic (exact) mass is 336 g/mol. The molecule has 0 spiro atoms. The average molecular weight is 336 g/mol. The first-order valence-corrected chi connectivity index (χ1v) is 8.92. The predicted molar refractivity (Wildman–Crippen MR) is 96.7 cm³/mol. The van der Waals surface area contributed by atoms with Crippen LogP contribution in [0.4, 0.5) is 5.95 Å². The van der Waals surface area contributed by atoms with E-state index in [4.69, 9.17) is 9.97 Å². The lowest BCUT2D eigenvalue weighted by Crippen LogP contribution is -2.44. The topological polar surface area (TPSA) is 58.4 Å². The van der Waals surface area contributed by atoms with Gasteiger partial charge in [0, 0.05) is 53.3 Å². The van der Waals surface area contributed by atoms with Crippen molar-refractivity contribution in [2.24, 2.45) is 0 Å². The van der Waals surface area contributed by atoms with Crippen LogP contribution in [-0.4, -0.2) is 45.8 Å². The lowest BCUT2D eigenvalue weighted by Gasteiger charge is -2.27. The Morgan fingerprint density at radius 2 is 1.92 bits per heavy atom. The molecule has 0 radical (unpaired) electrons. The molecule has 7 heteroatoms. The first kappa shape index (κ1) is 13.9. The van der Waals surface area contributed by atoms with Gasteiger partial charge in [-0.05, 0) is 6.07 Å². The number of thiophene rings is 1. The van der Waals surface area contributed by atoms with E-state index >= 15 is 0 Å². The molecule has 1 fully saturated rings. The molecule has 4 aromatic rings. The van der Waals surface area contributed by atoms with Gasteiger partial charge in [-0.1, -0.05) is 18.2 Å². The fourth-order valence-electron chi connectivity index (χ4n) is 3.15. The second-order valence-corrected chi connectivity index (χ2v) is 6.74. The van der Waals surface area contributed by atoms with Crippen LogP contribution in [0.15, 0.2) is 41.9 Å². The van der Waals surface area contributed by atoms with Crippen LogP contribution in [0.5, 0.6) is 0 Å². The molecule has 0 unspecified atom stereocenters. The number of anilines is 1. The number of piperazine rings is 1. The van der Waals surface area contributed by atoms with Crippen LogP contribution in [0.1, 0.15) is 0 Å². The minimum Gasteiger partial charge on any atom is -0.338 e. The molecule has 1 saturated heterocycles. The van der Waals surface area contributed by atoms with Crippen molar-refractivity contribution in [2.45, 2.75) is 0 Å². The molecule has 1 aromatic carbocycles. The lowest BCUT2D eigenvalue weighted by atomic mass is 10.1. The van der Waals surface area contributed by atoms with Crippen molar-refractivity contribution in [3.05, 3.63) is 41.9 Å². The van der Waals surface area contributed by atoms with E-state index in [0.29, 0.717) is 0 Å². The summed E-state index contributed by atoms with van der Waals surface area (Å²) in [6, 6.07) is 10.4. The molecule has 5 rings (SSSR count). The number of nitrogens with zero attached hydrogens (tertiary/aromatic N) is 5. The van der Waals surface area contributed by atoms with Crippen LogP contribution < -0.4 is 10.2 Å². The smallest absolute Gasteiger partial charge is 0.229 e. The molecule has 6 nitrogen and oxygen atoms in total. The van der Waals surface area contributed by atoms with Crippen molar-refractivity contribution in [3.8, 4) is 11.4 Å². The van der Waals surface area contributed by atoms with Crippen LogP contribution in [0, 0.1) is 0 Å². The highest BCUT2D eigenvalue weighted by atomic mass is 32.1. The van der Waals surface area contributed by atoms with Gasteiger partial charge in [-0.3, -0.25) is 0 Å². The van der Waals surface area contributed by atoms with Gasteiger partial charge in [0.2, 0.25) is 5.95 Å². The quantitative estimate of drug-likeness (QED) is 0.609. The second kappa shape index (κ2) is 5.54. The van der Waals surface area contributed by atoms with Crippen LogP contribution in [0.2, 0.25) is 0 Å². The number of fused-ring (bicyclic) bond motifs is 2. The van der Waals surface area contributed by atoms with Crippen molar-refractivity contribution in [2.75, 3.05) is 31.1 Å². The molecule has 1 aliphatic rings. The molecular formula is C17H16N6S. The van der Waals surface area contributed by atoms with Gasteiger partial charge in [0.05, 0.1) is 6.20 Å². The van der Waals surface area contributed by atoms with Crippen LogP contribution in [0.25, 0.3) is 27.1 Å². The standard InChI is InChI=1S/C17H16N6S/c1-2-4-14-12(3-1)13(11-24-14)16-21-17(22-9-7-18-8-10-22)20-15-5-6-19-23(15)16/h1-6,11,18H,7-10H2. The van der Waals surface area contributed by atoms with Crippen molar-refractivity contribution in [1.82, 2.24) is 24.9 Å². The zero-order valence-electron chi connectivity index (χ0n) is 13.0. The van der Waals surface area contributed by atoms with Gasteiger partial charge in [0.1, 0.15) is 0 Å².